The van der Waals surface area contributed by atoms with E-state index in [2.05, 4.69) is 5.32 Å². The molecular weight excluding hydrogens is 322 g/mol. The van der Waals surface area contributed by atoms with Crippen molar-refractivity contribution in [3.05, 3.63) is 28.4 Å². The van der Waals surface area contributed by atoms with Crippen molar-refractivity contribution in [2.45, 2.75) is 33.8 Å². The first-order chi connectivity index (χ1) is 10.7. The van der Waals surface area contributed by atoms with Gasteiger partial charge in [-0.05, 0) is 44.5 Å². The molecule has 6 nitrogen and oxygen atoms in total. The second-order valence-corrected chi connectivity index (χ2v) is 5.38. The molecule has 0 aliphatic carbocycles. The number of nitrogens with one attached hydrogen (secondary N) is 1. The Morgan fingerprint density at radius 3 is 2.52 bits per heavy atom. The lowest BCUT2D eigenvalue weighted by Gasteiger charge is -2.16. The van der Waals surface area contributed by atoms with E-state index in [1.54, 1.807) is 12.1 Å². The smallest absolute Gasteiger partial charge is 0.352 e. The minimum absolute atomic E-state index is 0.0953. The highest BCUT2D eigenvalue weighted by Gasteiger charge is 2.15. The van der Waals surface area contributed by atoms with Gasteiger partial charge in [0.15, 0.2) is 11.5 Å². The highest BCUT2D eigenvalue weighted by Crippen LogP contribution is 2.37. The third kappa shape index (κ3) is 5.83. The van der Waals surface area contributed by atoms with E-state index in [1.165, 1.54) is 13.0 Å². The maximum atomic E-state index is 11.2. The van der Waals surface area contributed by atoms with Crippen molar-refractivity contribution in [3.8, 4) is 11.5 Å². The average Bonchev–Trinajstić information content (AvgIpc) is 2.41. The van der Waals surface area contributed by atoms with E-state index in [4.69, 9.17) is 26.2 Å². The summed E-state index contributed by atoms with van der Waals surface area (Å²) < 4.78 is 11.1. The first-order valence-corrected chi connectivity index (χ1v) is 7.48. The van der Waals surface area contributed by atoms with Gasteiger partial charge in [-0.3, -0.25) is 4.79 Å². The van der Waals surface area contributed by atoms with Crippen LogP contribution in [0, 0.1) is 0 Å². The van der Waals surface area contributed by atoms with Crippen molar-refractivity contribution in [3.63, 3.8) is 0 Å². The van der Waals surface area contributed by atoms with Crippen molar-refractivity contribution in [1.29, 1.82) is 0 Å². The number of carboxylic acids is 1. The van der Waals surface area contributed by atoms with Gasteiger partial charge >= 0.3 is 5.97 Å². The number of halogens is 1. The number of rotatable bonds is 7. The molecule has 0 unspecified atom stereocenters. The summed E-state index contributed by atoms with van der Waals surface area (Å²) in [6, 6.07) is 3.16. The summed E-state index contributed by atoms with van der Waals surface area (Å²) in [7, 11) is 0. The summed E-state index contributed by atoms with van der Waals surface area (Å²) in [5.74, 6) is -0.920. The molecule has 126 valence electrons. The predicted molar refractivity (Wildman–Crippen MR) is 87.8 cm³/mol. The highest BCUT2D eigenvalue weighted by atomic mass is 35.5. The number of hydrogen-bond acceptors (Lipinski definition) is 4. The number of carboxylic acid groups (broad SMARTS) is 1. The third-order valence-electron chi connectivity index (χ3n) is 2.54. The van der Waals surface area contributed by atoms with E-state index in [0.29, 0.717) is 28.7 Å². The first-order valence-electron chi connectivity index (χ1n) is 7.10. The molecule has 0 spiro atoms. The molecule has 0 aliphatic rings. The third-order valence-corrected chi connectivity index (χ3v) is 2.82. The molecule has 0 saturated carbocycles. The molecular formula is C16H20ClNO5. The molecule has 1 rings (SSSR count). The molecule has 0 bridgehead atoms. The van der Waals surface area contributed by atoms with Crippen LogP contribution in [0.2, 0.25) is 5.02 Å². The average molecular weight is 342 g/mol. The van der Waals surface area contributed by atoms with Crippen LogP contribution in [0.4, 0.5) is 0 Å². The Hall–Kier alpha value is -2.21. The van der Waals surface area contributed by atoms with Crippen molar-refractivity contribution in [2.24, 2.45) is 0 Å². The molecule has 0 heterocycles. The number of benzene rings is 1. The monoisotopic (exact) mass is 341 g/mol. The normalized spacial score (nSPS) is 11.3. The van der Waals surface area contributed by atoms with E-state index in [0.717, 1.165) is 0 Å². The van der Waals surface area contributed by atoms with Gasteiger partial charge in [0.1, 0.15) is 5.70 Å². The second kappa shape index (κ2) is 8.43. The molecule has 1 aromatic carbocycles. The number of carbonyl (C=O) groups excluding carboxylic acids is 1. The quantitative estimate of drug-likeness (QED) is 0.744. The lowest BCUT2D eigenvalue weighted by atomic mass is 10.1. The van der Waals surface area contributed by atoms with Gasteiger partial charge in [-0.15, -0.1) is 0 Å². The number of amides is 1. The molecule has 0 aromatic heterocycles. The first kappa shape index (κ1) is 18.8. The SMILES string of the molecule is CCOc1cc(/C=C(\NC(C)=O)C(=O)O)cc(Cl)c1OC(C)C. The van der Waals surface area contributed by atoms with Gasteiger partial charge in [-0.25, -0.2) is 4.79 Å². The predicted octanol–water partition coefficient (Wildman–Crippen LogP) is 3.09. The Labute approximate surface area is 140 Å². The summed E-state index contributed by atoms with van der Waals surface area (Å²) in [5, 5.41) is 11.7. The zero-order valence-corrected chi connectivity index (χ0v) is 14.2. The second-order valence-electron chi connectivity index (χ2n) is 4.97. The van der Waals surface area contributed by atoms with Crippen LogP contribution >= 0.6 is 11.6 Å². The van der Waals surface area contributed by atoms with Crippen LogP contribution < -0.4 is 14.8 Å². The lowest BCUT2D eigenvalue weighted by molar-refractivity contribution is -0.134. The minimum atomic E-state index is -1.25. The molecule has 1 amide bonds. The summed E-state index contributed by atoms with van der Waals surface area (Å²) in [4.78, 5) is 22.2. The van der Waals surface area contributed by atoms with Gasteiger partial charge in [0.05, 0.1) is 17.7 Å². The number of ether oxygens (including phenoxy) is 2. The Kier molecular flexibility index (Phi) is 6.90. The Morgan fingerprint density at radius 1 is 1.39 bits per heavy atom. The lowest BCUT2D eigenvalue weighted by Crippen LogP contribution is -2.24. The van der Waals surface area contributed by atoms with Crippen LogP contribution in [0.5, 0.6) is 11.5 Å². The fourth-order valence-electron chi connectivity index (χ4n) is 1.79. The molecule has 0 aliphatic heterocycles. The number of aliphatic carboxylic acids is 1. The molecule has 1 aromatic rings. The maximum Gasteiger partial charge on any atom is 0.352 e. The zero-order chi connectivity index (χ0) is 17.6. The molecule has 0 saturated heterocycles. The molecule has 7 heteroatoms. The summed E-state index contributed by atoms with van der Waals surface area (Å²) in [6.45, 7) is 7.16. The van der Waals surface area contributed by atoms with Gasteiger partial charge in [0.25, 0.3) is 0 Å². The molecule has 0 fully saturated rings. The van der Waals surface area contributed by atoms with E-state index >= 15 is 0 Å². The summed E-state index contributed by atoms with van der Waals surface area (Å²) >= 11 is 6.21. The van der Waals surface area contributed by atoms with E-state index in [9.17, 15) is 9.59 Å². The maximum absolute atomic E-state index is 11.2. The fourth-order valence-corrected chi connectivity index (χ4v) is 2.06. The van der Waals surface area contributed by atoms with E-state index in [1.807, 2.05) is 20.8 Å². The molecule has 2 N–H and O–H groups in total. The standard InChI is InChI=1S/C16H20ClNO5/c1-5-22-14-8-11(6-12(17)15(14)23-9(2)3)7-13(16(20)21)18-10(4)19/h6-9H,5H2,1-4H3,(H,18,19)(H,20,21)/b13-7-. The van der Waals surface area contributed by atoms with Crippen molar-refractivity contribution < 1.29 is 24.2 Å². The Morgan fingerprint density at radius 2 is 2.04 bits per heavy atom. The van der Waals surface area contributed by atoms with E-state index in [-0.39, 0.29) is 11.8 Å². The van der Waals surface area contributed by atoms with Crippen molar-refractivity contribution in [1.82, 2.24) is 5.32 Å². The Balaban J connectivity index is 3.31. The molecule has 0 radical (unpaired) electrons. The summed E-state index contributed by atoms with van der Waals surface area (Å²) in [5.41, 5.74) is 0.217. The zero-order valence-electron chi connectivity index (χ0n) is 13.5. The van der Waals surface area contributed by atoms with Crippen molar-refractivity contribution in [2.75, 3.05) is 6.61 Å². The summed E-state index contributed by atoms with van der Waals surface area (Å²) in [6.07, 6.45) is 1.21. The fraction of sp³-hybridized carbons (Fsp3) is 0.375. The van der Waals surface area contributed by atoms with Gasteiger partial charge in [-0.2, -0.15) is 0 Å². The van der Waals surface area contributed by atoms with Crippen LogP contribution in [0.15, 0.2) is 17.8 Å². The van der Waals surface area contributed by atoms with Crippen LogP contribution in [0.3, 0.4) is 0 Å². The minimum Gasteiger partial charge on any atom is -0.490 e. The van der Waals surface area contributed by atoms with Gasteiger partial charge in [-0.1, -0.05) is 11.6 Å². The van der Waals surface area contributed by atoms with Gasteiger partial charge in [0.2, 0.25) is 5.91 Å². The number of hydrogen-bond donors (Lipinski definition) is 2. The van der Waals surface area contributed by atoms with Crippen LogP contribution in [-0.2, 0) is 9.59 Å². The largest absolute Gasteiger partial charge is 0.490 e. The van der Waals surface area contributed by atoms with Crippen LogP contribution in [-0.4, -0.2) is 29.7 Å². The molecule has 23 heavy (non-hydrogen) atoms. The van der Waals surface area contributed by atoms with Gasteiger partial charge in [0, 0.05) is 6.92 Å². The Bertz CT molecular complexity index is 625. The van der Waals surface area contributed by atoms with Crippen LogP contribution in [0.1, 0.15) is 33.3 Å². The molecule has 0 atom stereocenters. The number of carbonyl (C=O) groups is 2. The highest BCUT2D eigenvalue weighted by molar-refractivity contribution is 6.32. The van der Waals surface area contributed by atoms with Crippen molar-refractivity contribution >= 4 is 29.6 Å². The van der Waals surface area contributed by atoms with E-state index < -0.39 is 11.9 Å². The van der Waals surface area contributed by atoms with Gasteiger partial charge < -0.3 is 19.9 Å². The van der Waals surface area contributed by atoms with Crippen LogP contribution in [0.25, 0.3) is 6.08 Å². The topological polar surface area (TPSA) is 84.9 Å².